The molecule has 0 saturated heterocycles. The fraction of sp³-hybridized carbons (Fsp3) is 0. The number of phenols is 1. The molecule has 0 atom stereocenters. The van der Waals surface area contributed by atoms with Gasteiger partial charge < -0.3 is 5.11 Å². The number of nitrogens with zero attached hydrogens (tertiary/aromatic N) is 1. The maximum absolute atomic E-state index is 10.3. The van der Waals surface area contributed by atoms with Gasteiger partial charge in [0, 0.05) is 12.1 Å². The fourth-order valence-corrected chi connectivity index (χ4v) is 0.965. The van der Waals surface area contributed by atoms with Crippen molar-refractivity contribution in [1.82, 2.24) is 0 Å². The number of phenolic OH excluding ortho intramolecular Hbond substituents is 1. The van der Waals surface area contributed by atoms with Crippen LogP contribution in [-0.4, -0.2) is 15.2 Å². The maximum Gasteiger partial charge on any atom is 0.270 e. The SMILES string of the molecule is N=C(Cl)c1cc([N+](=O)[O-])ccc1O. The highest BCUT2D eigenvalue weighted by Crippen LogP contribution is 2.23. The average molecular weight is 201 g/mol. The monoisotopic (exact) mass is 200 g/mol. The first-order valence-corrected chi connectivity index (χ1v) is 3.62. The third-order valence-electron chi connectivity index (χ3n) is 1.43. The lowest BCUT2D eigenvalue weighted by Gasteiger charge is -1.99. The molecule has 0 radical (unpaired) electrons. The summed E-state index contributed by atoms with van der Waals surface area (Å²) in [6.07, 6.45) is 0. The zero-order valence-corrected chi connectivity index (χ0v) is 7.08. The zero-order chi connectivity index (χ0) is 10.0. The van der Waals surface area contributed by atoms with Crippen molar-refractivity contribution in [2.45, 2.75) is 0 Å². The van der Waals surface area contributed by atoms with Crippen molar-refractivity contribution < 1.29 is 10.0 Å². The number of aromatic hydroxyl groups is 1. The molecule has 13 heavy (non-hydrogen) atoms. The van der Waals surface area contributed by atoms with Crippen molar-refractivity contribution in [3.05, 3.63) is 33.9 Å². The molecule has 2 N–H and O–H groups in total. The average Bonchev–Trinajstić information content (AvgIpc) is 2.04. The van der Waals surface area contributed by atoms with Gasteiger partial charge >= 0.3 is 0 Å². The highest BCUT2D eigenvalue weighted by atomic mass is 35.5. The van der Waals surface area contributed by atoms with Gasteiger partial charge in [0.15, 0.2) is 0 Å². The first-order valence-electron chi connectivity index (χ1n) is 3.24. The number of halogens is 1. The van der Waals surface area contributed by atoms with Crippen LogP contribution in [0.5, 0.6) is 5.75 Å². The highest BCUT2D eigenvalue weighted by Gasteiger charge is 2.11. The Hall–Kier alpha value is -1.62. The summed E-state index contributed by atoms with van der Waals surface area (Å²) in [5.41, 5.74) is -0.255. The number of benzene rings is 1. The molecule has 0 aliphatic carbocycles. The van der Waals surface area contributed by atoms with Gasteiger partial charge in [-0.15, -0.1) is 0 Å². The van der Waals surface area contributed by atoms with Crippen molar-refractivity contribution in [3.8, 4) is 5.75 Å². The summed E-state index contributed by atoms with van der Waals surface area (Å²) in [6.45, 7) is 0. The van der Waals surface area contributed by atoms with Crippen LogP contribution < -0.4 is 0 Å². The molecule has 68 valence electrons. The molecule has 0 unspecified atom stereocenters. The lowest BCUT2D eigenvalue weighted by atomic mass is 10.2. The van der Waals surface area contributed by atoms with Gasteiger partial charge in [0.05, 0.1) is 10.5 Å². The van der Waals surface area contributed by atoms with E-state index in [0.29, 0.717) is 0 Å². The first-order chi connectivity index (χ1) is 6.02. The Labute approximate surface area is 78.2 Å². The summed E-state index contributed by atoms with van der Waals surface area (Å²) in [7, 11) is 0. The molecular weight excluding hydrogens is 196 g/mol. The normalized spacial score (nSPS) is 9.62. The van der Waals surface area contributed by atoms with Crippen LogP contribution in [0.25, 0.3) is 0 Å². The second-order valence-electron chi connectivity index (χ2n) is 2.27. The Balaban J connectivity index is 3.27. The van der Waals surface area contributed by atoms with Crippen LogP contribution in [0.2, 0.25) is 0 Å². The standard InChI is InChI=1S/C7H5ClN2O3/c8-7(9)5-3-4(10(12)13)1-2-6(5)11/h1-3,9,11H. The molecule has 0 fully saturated rings. The van der Waals surface area contributed by atoms with E-state index in [4.69, 9.17) is 22.1 Å². The number of nitro benzene ring substituents is 1. The molecule has 0 spiro atoms. The zero-order valence-electron chi connectivity index (χ0n) is 6.32. The van der Waals surface area contributed by atoms with Gasteiger partial charge in [0.1, 0.15) is 10.9 Å². The van der Waals surface area contributed by atoms with Crippen LogP contribution in [0.1, 0.15) is 5.56 Å². The number of nitrogens with one attached hydrogen (secondary N) is 1. The molecule has 0 amide bonds. The Kier molecular flexibility index (Phi) is 2.48. The van der Waals surface area contributed by atoms with Crippen LogP contribution in [0.3, 0.4) is 0 Å². The van der Waals surface area contributed by atoms with Gasteiger partial charge in [-0.25, -0.2) is 0 Å². The van der Waals surface area contributed by atoms with E-state index >= 15 is 0 Å². The van der Waals surface area contributed by atoms with Gasteiger partial charge in [-0.2, -0.15) is 0 Å². The minimum atomic E-state index is -0.622. The number of nitro groups is 1. The minimum Gasteiger partial charge on any atom is -0.507 e. The van der Waals surface area contributed by atoms with E-state index in [2.05, 4.69) is 0 Å². The number of rotatable bonds is 2. The van der Waals surface area contributed by atoms with E-state index in [1.165, 1.54) is 0 Å². The number of non-ortho nitro benzene ring substituents is 1. The number of hydrogen-bond donors (Lipinski definition) is 2. The maximum atomic E-state index is 10.3. The van der Waals surface area contributed by atoms with Gasteiger partial charge in [-0.1, -0.05) is 11.6 Å². The topological polar surface area (TPSA) is 87.2 Å². The first kappa shape index (κ1) is 9.47. The van der Waals surface area contributed by atoms with E-state index in [-0.39, 0.29) is 17.0 Å². The summed E-state index contributed by atoms with van der Waals surface area (Å²) >= 11 is 5.29. The molecule has 1 rings (SSSR count). The Morgan fingerprint density at radius 2 is 2.23 bits per heavy atom. The minimum absolute atomic E-state index is 0.0455. The summed E-state index contributed by atoms with van der Waals surface area (Å²) in [5.74, 6) is -0.245. The fourth-order valence-electron chi connectivity index (χ4n) is 0.813. The van der Waals surface area contributed by atoms with Gasteiger partial charge in [-0.05, 0) is 6.07 Å². The third kappa shape index (κ3) is 1.94. The van der Waals surface area contributed by atoms with Gasteiger partial charge in [0.2, 0.25) is 0 Å². The van der Waals surface area contributed by atoms with Gasteiger partial charge in [-0.3, -0.25) is 15.5 Å². The largest absolute Gasteiger partial charge is 0.507 e. The van der Waals surface area contributed by atoms with E-state index < -0.39 is 10.1 Å². The second-order valence-corrected chi connectivity index (χ2v) is 2.65. The van der Waals surface area contributed by atoms with Crippen molar-refractivity contribution >= 4 is 22.5 Å². The summed E-state index contributed by atoms with van der Waals surface area (Å²) in [5, 5.41) is 26.0. The predicted octanol–water partition coefficient (Wildman–Crippen LogP) is 1.86. The molecule has 5 nitrogen and oxygen atoms in total. The van der Waals surface area contributed by atoms with Crippen LogP contribution in [-0.2, 0) is 0 Å². The lowest BCUT2D eigenvalue weighted by molar-refractivity contribution is -0.384. The third-order valence-corrected chi connectivity index (χ3v) is 1.63. The van der Waals surface area contributed by atoms with E-state index in [9.17, 15) is 10.1 Å². The summed E-state index contributed by atoms with van der Waals surface area (Å²) in [4.78, 5) is 9.68. The molecule has 0 aliphatic rings. The van der Waals surface area contributed by atoms with Crippen LogP contribution in [0.15, 0.2) is 18.2 Å². The van der Waals surface area contributed by atoms with Crippen molar-refractivity contribution in [3.63, 3.8) is 0 Å². The van der Waals surface area contributed by atoms with Crippen molar-refractivity contribution in [2.75, 3.05) is 0 Å². The molecular formula is C7H5ClN2O3. The van der Waals surface area contributed by atoms with Crippen molar-refractivity contribution in [2.24, 2.45) is 0 Å². The molecule has 0 heterocycles. The Bertz CT molecular complexity index is 378. The Morgan fingerprint density at radius 3 is 2.69 bits per heavy atom. The summed E-state index contributed by atoms with van der Waals surface area (Å²) < 4.78 is 0. The van der Waals surface area contributed by atoms with E-state index in [1.807, 2.05) is 0 Å². The van der Waals surface area contributed by atoms with Crippen LogP contribution >= 0.6 is 11.6 Å². The lowest BCUT2D eigenvalue weighted by Crippen LogP contribution is -1.93. The predicted molar refractivity (Wildman–Crippen MR) is 47.4 cm³/mol. The number of hydrogen-bond acceptors (Lipinski definition) is 4. The quantitative estimate of drug-likeness (QED) is 0.434. The molecule has 1 aromatic rings. The van der Waals surface area contributed by atoms with Gasteiger partial charge in [0.25, 0.3) is 5.69 Å². The highest BCUT2D eigenvalue weighted by molar-refractivity contribution is 6.69. The van der Waals surface area contributed by atoms with Crippen molar-refractivity contribution in [1.29, 1.82) is 5.41 Å². The smallest absolute Gasteiger partial charge is 0.270 e. The second kappa shape index (κ2) is 3.40. The molecule has 0 aromatic heterocycles. The van der Waals surface area contributed by atoms with E-state index in [1.54, 1.807) is 0 Å². The summed E-state index contributed by atoms with van der Waals surface area (Å²) in [6, 6.07) is 3.31. The molecule has 6 heteroatoms. The molecule has 0 bridgehead atoms. The van der Waals surface area contributed by atoms with Crippen LogP contribution in [0, 0.1) is 15.5 Å². The molecule has 0 aliphatic heterocycles. The van der Waals surface area contributed by atoms with Crippen LogP contribution in [0.4, 0.5) is 5.69 Å². The Morgan fingerprint density at radius 1 is 1.62 bits per heavy atom. The molecule has 0 saturated carbocycles. The van der Waals surface area contributed by atoms with E-state index in [0.717, 1.165) is 18.2 Å². The molecule has 1 aromatic carbocycles.